The maximum Gasteiger partial charge on any atom is 0.162 e. The van der Waals surface area contributed by atoms with E-state index in [1.165, 1.54) is 19.3 Å². The molecule has 1 aliphatic rings. The molecule has 2 nitrogen and oxygen atoms in total. The Morgan fingerprint density at radius 3 is 2.47 bits per heavy atom. The van der Waals surface area contributed by atoms with Crippen molar-refractivity contribution in [3.63, 3.8) is 0 Å². The van der Waals surface area contributed by atoms with Crippen molar-refractivity contribution < 1.29 is 4.79 Å². The first-order valence-electron chi connectivity index (χ1n) is 6.60. The van der Waals surface area contributed by atoms with E-state index >= 15 is 0 Å². The van der Waals surface area contributed by atoms with E-state index in [9.17, 15) is 4.79 Å². The zero-order valence-corrected chi connectivity index (χ0v) is 10.7. The fourth-order valence-corrected chi connectivity index (χ4v) is 2.28. The zero-order chi connectivity index (χ0) is 12.3. The number of Topliss-reactive ketones (excluding diaryl/α,β-unsaturated/α-hetero) is 1. The molecule has 1 atom stereocenters. The highest BCUT2D eigenvalue weighted by molar-refractivity contribution is 5.96. The minimum atomic E-state index is 0.212. The lowest BCUT2D eigenvalue weighted by molar-refractivity contribution is 0.0988. The second-order valence-electron chi connectivity index (χ2n) is 4.98. The summed E-state index contributed by atoms with van der Waals surface area (Å²) in [5.74, 6) is 1.04. The van der Waals surface area contributed by atoms with E-state index in [2.05, 4.69) is 12.2 Å². The number of ketones is 1. The van der Waals surface area contributed by atoms with Crippen LogP contribution < -0.4 is 5.32 Å². The van der Waals surface area contributed by atoms with Gasteiger partial charge in [0.2, 0.25) is 0 Å². The minimum Gasteiger partial charge on any atom is -0.382 e. The highest BCUT2D eigenvalue weighted by Crippen LogP contribution is 2.31. The van der Waals surface area contributed by atoms with E-state index < -0.39 is 0 Å². The number of benzene rings is 1. The van der Waals surface area contributed by atoms with Gasteiger partial charge in [-0.15, -0.1) is 0 Å². The molecule has 0 saturated heterocycles. The van der Waals surface area contributed by atoms with Crippen molar-refractivity contribution in [3.8, 4) is 0 Å². The SMILES string of the molecule is CCC(=O)c1ccc(NC(C)C2CCC2)cc1. The second kappa shape index (κ2) is 5.35. The first-order valence-corrected chi connectivity index (χ1v) is 6.60. The fourth-order valence-electron chi connectivity index (χ4n) is 2.28. The first kappa shape index (κ1) is 12.2. The standard InChI is InChI=1S/C15H21NO/c1-3-15(17)13-7-9-14(10-8-13)16-11(2)12-5-4-6-12/h7-12,16H,3-6H2,1-2H3. The lowest BCUT2D eigenvalue weighted by Gasteiger charge is -2.32. The van der Waals surface area contributed by atoms with Gasteiger partial charge in [0.15, 0.2) is 5.78 Å². The molecular weight excluding hydrogens is 210 g/mol. The molecule has 1 aliphatic carbocycles. The van der Waals surface area contributed by atoms with Gasteiger partial charge >= 0.3 is 0 Å². The van der Waals surface area contributed by atoms with Crippen molar-refractivity contribution in [2.45, 2.75) is 45.6 Å². The van der Waals surface area contributed by atoms with Gasteiger partial charge in [-0.1, -0.05) is 13.3 Å². The van der Waals surface area contributed by atoms with E-state index in [0.29, 0.717) is 12.5 Å². The van der Waals surface area contributed by atoms with Crippen LogP contribution in [0.1, 0.15) is 49.9 Å². The Balaban J connectivity index is 1.95. The summed E-state index contributed by atoms with van der Waals surface area (Å²) in [4.78, 5) is 11.5. The van der Waals surface area contributed by atoms with Gasteiger partial charge in [-0.25, -0.2) is 0 Å². The highest BCUT2D eigenvalue weighted by atomic mass is 16.1. The van der Waals surface area contributed by atoms with Crippen molar-refractivity contribution in [2.75, 3.05) is 5.32 Å². The summed E-state index contributed by atoms with van der Waals surface area (Å²) in [6.45, 7) is 4.14. The number of carbonyl (C=O) groups is 1. The van der Waals surface area contributed by atoms with Crippen LogP contribution in [-0.4, -0.2) is 11.8 Å². The molecule has 1 aromatic rings. The Morgan fingerprint density at radius 2 is 2.00 bits per heavy atom. The molecule has 1 N–H and O–H groups in total. The van der Waals surface area contributed by atoms with E-state index in [1.807, 2.05) is 31.2 Å². The third-order valence-electron chi connectivity index (χ3n) is 3.78. The van der Waals surface area contributed by atoms with E-state index in [1.54, 1.807) is 0 Å². The van der Waals surface area contributed by atoms with Crippen LogP contribution in [0.4, 0.5) is 5.69 Å². The van der Waals surface area contributed by atoms with Crippen molar-refractivity contribution in [3.05, 3.63) is 29.8 Å². The number of nitrogens with one attached hydrogen (secondary N) is 1. The fraction of sp³-hybridized carbons (Fsp3) is 0.533. The third-order valence-corrected chi connectivity index (χ3v) is 3.78. The maximum atomic E-state index is 11.5. The summed E-state index contributed by atoms with van der Waals surface area (Å²) < 4.78 is 0. The molecule has 92 valence electrons. The molecule has 1 unspecified atom stereocenters. The molecule has 0 aliphatic heterocycles. The van der Waals surface area contributed by atoms with E-state index in [4.69, 9.17) is 0 Å². The minimum absolute atomic E-state index is 0.212. The Kier molecular flexibility index (Phi) is 3.82. The molecule has 0 spiro atoms. The maximum absolute atomic E-state index is 11.5. The predicted molar refractivity (Wildman–Crippen MR) is 71.5 cm³/mol. The number of carbonyl (C=O) groups excluding carboxylic acids is 1. The van der Waals surface area contributed by atoms with E-state index in [-0.39, 0.29) is 5.78 Å². The average Bonchev–Trinajstić information content (AvgIpc) is 2.26. The van der Waals surface area contributed by atoms with Crippen molar-refractivity contribution in [1.29, 1.82) is 0 Å². The number of hydrogen-bond donors (Lipinski definition) is 1. The molecule has 0 bridgehead atoms. The molecule has 2 rings (SSSR count). The molecule has 17 heavy (non-hydrogen) atoms. The summed E-state index contributed by atoms with van der Waals surface area (Å²) in [5, 5.41) is 3.52. The quantitative estimate of drug-likeness (QED) is 0.779. The summed E-state index contributed by atoms with van der Waals surface area (Å²) in [6.07, 6.45) is 4.65. The molecule has 0 radical (unpaired) electrons. The number of anilines is 1. The van der Waals surface area contributed by atoms with Gasteiger partial charge < -0.3 is 5.32 Å². The van der Waals surface area contributed by atoms with Crippen LogP contribution in [-0.2, 0) is 0 Å². The summed E-state index contributed by atoms with van der Waals surface area (Å²) in [7, 11) is 0. The lowest BCUT2D eigenvalue weighted by atomic mass is 9.80. The smallest absolute Gasteiger partial charge is 0.162 e. The molecule has 1 aromatic carbocycles. The molecule has 0 amide bonds. The Morgan fingerprint density at radius 1 is 1.35 bits per heavy atom. The van der Waals surface area contributed by atoms with Crippen molar-refractivity contribution in [1.82, 2.24) is 0 Å². The largest absolute Gasteiger partial charge is 0.382 e. The normalized spacial score (nSPS) is 17.3. The van der Waals surface area contributed by atoms with Crippen molar-refractivity contribution >= 4 is 11.5 Å². The Hall–Kier alpha value is -1.31. The highest BCUT2D eigenvalue weighted by Gasteiger charge is 2.23. The van der Waals surface area contributed by atoms with Crippen LogP contribution in [0.5, 0.6) is 0 Å². The van der Waals surface area contributed by atoms with Crippen LogP contribution in [0.25, 0.3) is 0 Å². The molecule has 1 fully saturated rings. The summed E-state index contributed by atoms with van der Waals surface area (Å²) >= 11 is 0. The Bertz CT molecular complexity index is 378. The molecule has 1 saturated carbocycles. The average molecular weight is 231 g/mol. The van der Waals surface area contributed by atoms with Crippen LogP contribution in [0, 0.1) is 5.92 Å². The topological polar surface area (TPSA) is 29.1 Å². The third kappa shape index (κ3) is 2.87. The first-order chi connectivity index (χ1) is 8.20. The lowest BCUT2D eigenvalue weighted by Crippen LogP contribution is -2.30. The van der Waals surface area contributed by atoms with Crippen LogP contribution >= 0.6 is 0 Å². The van der Waals surface area contributed by atoms with Crippen LogP contribution in [0.15, 0.2) is 24.3 Å². The summed E-state index contributed by atoms with van der Waals surface area (Å²) in [5.41, 5.74) is 1.94. The second-order valence-corrected chi connectivity index (χ2v) is 4.98. The summed E-state index contributed by atoms with van der Waals surface area (Å²) in [6, 6.07) is 8.40. The number of hydrogen-bond acceptors (Lipinski definition) is 2. The molecule has 2 heteroatoms. The molecular formula is C15H21NO. The van der Waals surface area contributed by atoms with Gasteiger partial charge in [-0.3, -0.25) is 4.79 Å². The van der Waals surface area contributed by atoms with Crippen molar-refractivity contribution in [2.24, 2.45) is 5.92 Å². The monoisotopic (exact) mass is 231 g/mol. The van der Waals surface area contributed by atoms with E-state index in [0.717, 1.165) is 17.2 Å². The van der Waals surface area contributed by atoms with Gasteiger partial charge in [0.25, 0.3) is 0 Å². The Labute approximate surface area is 103 Å². The zero-order valence-electron chi connectivity index (χ0n) is 10.7. The van der Waals surface area contributed by atoms with Crippen LogP contribution in [0.3, 0.4) is 0 Å². The van der Waals surface area contributed by atoms with Gasteiger partial charge in [0.05, 0.1) is 0 Å². The predicted octanol–water partition coefficient (Wildman–Crippen LogP) is 3.88. The van der Waals surface area contributed by atoms with Crippen LogP contribution in [0.2, 0.25) is 0 Å². The van der Waals surface area contributed by atoms with Gasteiger partial charge in [0.1, 0.15) is 0 Å². The van der Waals surface area contributed by atoms with Gasteiger partial charge in [0, 0.05) is 23.7 Å². The molecule has 0 aromatic heterocycles. The van der Waals surface area contributed by atoms with Gasteiger partial charge in [-0.05, 0) is 49.9 Å². The number of rotatable bonds is 5. The molecule has 0 heterocycles. The van der Waals surface area contributed by atoms with Gasteiger partial charge in [-0.2, -0.15) is 0 Å².